The van der Waals surface area contributed by atoms with Gasteiger partial charge in [-0.2, -0.15) is 10.5 Å². The summed E-state index contributed by atoms with van der Waals surface area (Å²) in [5.41, 5.74) is 7.41. The van der Waals surface area contributed by atoms with Crippen molar-refractivity contribution in [3.05, 3.63) is 53.1 Å². The van der Waals surface area contributed by atoms with Crippen molar-refractivity contribution >= 4 is 23.5 Å². The number of aromatic amines is 1. The van der Waals surface area contributed by atoms with E-state index < -0.39 is 5.25 Å². The highest BCUT2D eigenvalue weighted by molar-refractivity contribution is 8.00. The van der Waals surface area contributed by atoms with Gasteiger partial charge in [-0.25, -0.2) is 4.98 Å². The van der Waals surface area contributed by atoms with Gasteiger partial charge < -0.3 is 5.32 Å². The van der Waals surface area contributed by atoms with Gasteiger partial charge in [-0.3, -0.25) is 10.5 Å². The van der Waals surface area contributed by atoms with Gasteiger partial charge in [0.1, 0.15) is 23.3 Å². The van der Waals surface area contributed by atoms with Gasteiger partial charge in [0.15, 0.2) is 5.03 Å². The lowest BCUT2D eigenvalue weighted by Gasteiger charge is -2.11. The molecule has 2 aromatic rings. The highest BCUT2D eigenvalue weighted by Gasteiger charge is 2.21. The average molecular weight is 352 g/mol. The van der Waals surface area contributed by atoms with Crippen molar-refractivity contribution in [2.24, 2.45) is 0 Å². The van der Waals surface area contributed by atoms with E-state index in [2.05, 4.69) is 10.3 Å². The Balaban J connectivity index is 1.96. The molecule has 1 heterocycles. The second kappa shape index (κ2) is 8.72. The summed E-state index contributed by atoms with van der Waals surface area (Å²) >= 11 is 1.20. The number of hydrogen-bond donors (Lipinski definition) is 2. The minimum absolute atomic E-state index is 0.124. The number of rotatable bonds is 6. The number of nitrogens with zero attached hydrogens (tertiary/aromatic N) is 2. The monoisotopic (exact) mass is 352 g/mol. The van der Waals surface area contributed by atoms with Crippen LogP contribution in [0.4, 0.5) is 5.82 Å². The molecule has 0 spiro atoms. The van der Waals surface area contributed by atoms with Crippen molar-refractivity contribution in [2.75, 3.05) is 12.3 Å². The maximum absolute atomic E-state index is 12.2. The van der Waals surface area contributed by atoms with Gasteiger partial charge in [0.2, 0.25) is 5.91 Å². The van der Waals surface area contributed by atoms with E-state index in [0.29, 0.717) is 17.1 Å². The maximum Gasteiger partial charge on any atom is 0.289 e. The first-order chi connectivity index (χ1) is 12.0. The molecule has 7 heteroatoms. The second-order valence-electron chi connectivity index (χ2n) is 5.35. The first-order valence-corrected chi connectivity index (χ1v) is 8.57. The molecule has 0 aliphatic carbocycles. The Kier molecular flexibility index (Phi) is 6.39. The molecule has 1 aromatic heterocycles. The molecule has 0 bridgehead atoms. The molecule has 4 N–H and O–H groups in total. The van der Waals surface area contributed by atoms with Crippen molar-refractivity contribution < 1.29 is 9.78 Å². The van der Waals surface area contributed by atoms with Crippen LogP contribution in [-0.2, 0) is 11.2 Å². The van der Waals surface area contributed by atoms with Crippen molar-refractivity contribution in [2.45, 2.75) is 23.6 Å². The molecule has 2 rings (SSSR count). The van der Waals surface area contributed by atoms with Crippen LogP contribution in [0.5, 0.6) is 0 Å². The number of aromatic nitrogens is 1. The van der Waals surface area contributed by atoms with E-state index in [1.165, 1.54) is 17.8 Å². The van der Waals surface area contributed by atoms with Crippen LogP contribution in [0.15, 0.2) is 41.4 Å². The van der Waals surface area contributed by atoms with Crippen molar-refractivity contribution in [3.63, 3.8) is 0 Å². The number of nitrogens with one attached hydrogen (secondary N) is 2. The topological polar surface area (TPSA) is 117 Å². The van der Waals surface area contributed by atoms with Crippen LogP contribution in [0.2, 0.25) is 0 Å². The van der Waals surface area contributed by atoms with Gasteiger partial charge in [-0.15, -0.1) is 0 Å². The lowest BCUT2D eigenvalue weighted by atomic mass is 10.1. The molecule has 0 aliphatic heterocycles. The quantitative estimate of drug-likeness (QED) is 0.767. The summed E-state index contributed by atoms with van der Waals surface area (Å²) in [4.78, 5) is 15.1. The summed E-state index contributed by atoms with van der Waals surface area (Å²) in [6.07, 6.45) is 0.753. The first kappa shape index (κ1) is 18.3. The lowest BCUT2D eigenvalue weighted by Crippen LogP contribution is -2.33. The molecular weight excluding hydrogens is 334 g/mol. The van der Waals surface area contributed by atoms with Crippen molar-refractivity contribution in [1.82, 2.24) is 5.32 Å². The predicted molar refractivity (Wildman–Crippen MR) is 95.3 cm³/mol. The van der Waals surface area contributed by atoms with E-state index in [4.69, 9.17) is 11.0 Å². The standard InChI is InChI=1S/C18H17N5OS/c1-12(17(24)22-8-7-13-5-3-2-4-6-13)25-18-15(11-20)9-14(10-19)16(21)23-18/h2-6,9,12H,7-8H2,1H3,(H2,21,23)(H,22,24)/p+1/t12-/m1/s1. The molecule has 0 aliphatic rings. The largest absolute Gasteiger partial charge is 0.355 e. The minimum Gasteiger partial charge on any atom is -0.355 e. The average Bonchev–Trinajstić information content (AvgIpc) is 2.62. The molecular formula is C18H18N5OS+. The van der Waals surface area contributed by atoms with E-state index in [0.717, 1.165) is 12.0 Å². The Labute approximate surface area is 150 Å². The summed E-state index contributed by atoms with van der Waals surface area (Å²) in [6, 6.07) is 15.3. The van der Waals surface area contributed by atoms with Gasteiger partial charge in [0.25, 0.3) is 5.82 Å². The molecule has 0 radical (unpaired) electrons. The number of nitriles is 2. The highest BCUT2D eigenvalue weighted by Crippen LogP contribution is 2.24. The summed E-state index contributed by atoms with van der Waals surface area (Å²) in [6.45, 7) is 2.30. The van der Waals surface area contributed by atoms with E-state index in [-0.39, 0.29) is 17.3 Å². The minimum atomic E-state index is -0.411. The molecule has 1 aromatic carbocycles. The molecule has 25 heavy (non-hydrogen) atoms. The van der Waals surface area contributed by atoms with E-state index in [9.17, 15) is 10.1 Å². The lowest BCUT2D eigenvalue weighted by molar-refractivity contribution is -0.410. The van der Waals surface area contributed by atoms with Gasteiger partial charge in [0.05, 0.1) is 5.25 Å². The third-order valence-corrected chi connectivity index (χ3v) is 4.66. The molecule has 1 atom stereocenters. The van der Waals surface area contributed by atoms with Gasteiger partial charge in [-0.1, -0.05) is 42.1 Å². The number of pyridine rings is 1. The van der Waals surface area contributed by atoms with E-state index in [1.54, 1.807) is 6.92 Å². The zero-order chi connectivity index (χ0) is 18.2. The third kappa shape index (κ3) is 4.97. The Bertz CT molecular complexity index is 839. The highest BCUT2D eigenvalue weighted by atomic mass is 32.2. The number of nitrogens with two attached hydrogens (primary N) is 1. The Hall–Kier alpha value is -3.03. The number of carbonyl (C=O) groups is 1. The Morgan fingerprint density at radius 2 is 1.96 bits per heavy atom. The zero-order valence-corrected chi connectivity index (χ0v) is 14.6. The number of thioether (sulfide) groups is 1. The predicted octanol–water partition coefficient (Wildman–Crippen LogP) is 1.67. The number of anilines is 1. The first-order valence-electron chi connectivity index (χ1n) is 7.69. The van der Waals surface area contributed by atoms with Crippen LogP contribution in [0.1, 0.15) is 23.6 Å². The fourth-order valence-electron chi connectivity index (χ4n) is 2.16. The van der Waals surface area contributed by atoms with Crippen LogP contribution < -0.4 is 16.0 Å². The van der Waals surface area contributed by atoms with Gasteiger partial charge >= 0.3 is 0 Å². The summed E-state index contributed by atoms with van der Waals surface area (Å²) in [5.74, 6) is 0.0573. The molecule has 0 unspecified atom stereocenters. The third-order valence-electron chi connectivity index (χ3n) is 3.53. The Morgan fingerprint density at radius 1 is 1.28 bits per heavy atom. The number of hydrogen-bond acceptors (Lipinski definition) is 5. The van der Waals surface area contributed by atoms with Gasteiger partial charge in [0, 0.05) is 6.54 Å². The van der Waals surface area contributed by atoms with Crippen LogP contribution in [0.3, 0.4) is 0 Å². The smallest absolute Gasteiger partial charge is 0.289 e. The van der Waals surface area contributed by atoms with Crippen LogP contribution in [0.25, 0.3) is 0 Å². The SMILES string of the molecule is C[C@@H](Sc1[nH+]c(N)c(C#N)cc1C#N)C(=O)NCCc1ccccc1. The van der Waals surface area contributed by atoms with E-state index in [1.807, 2.05) is 42.5 Å². The Morgan fingerprint density at radius 3 is 2.60 bits per heavy atom. The summed E-state index contributed by atoms with van der Waals surface area (Å²) < 4.78 is 0. The van der Waals surface area contributed by atoms with Crippen molar-refractivity contribution in [3.8, 4) is 12.1 Å². The van der Waals surface area contributed by atoms with E-state index >= 15 is 0 Å². The molecule has 1 amide bonds. The number of benzene rings is 1. The molecule has 6 nitrogen and oxygen atoms in total. The summed E-state index contributed by atoms with van der Waals surface area (Å²) in [5, 5.41) is 21.1. The molecule has 126 valence electrons. The van der Waals surface area contributed by atoms with Crippen LogP contribution >= 0.6 is 11.8 Å². The zero-order valence-electron chi connectivity index (χ0n) is 13.7. The molecule has 0 saturated carbocycles. The number of amides is 1. The maximum atomic E-state index is 12.2. The second-order valence-corrected chi connectivity index (χ2v) is 6.70. The molecule has 0 fully saturated rings. The molecule has 0 saturated heterocycles. The normalized spacial score (nSPS) is 11.2. The fraction of sp³-hybridized carbons (Fsp3) is 0.222. The fourth-order valence-corrected chi connectivity index (χ4v) is 3.11. The number of carbonyl (C=O) groups excluding carboxylic acids is 1. The summed E-state index contributed by atoms with van der Waals surface area (Å²) in [7, 11) is 0. The van der Waals surface area contributed by atoms with Crippen LogP contribution in [0, 0.1) is 22.7 Å². The number of nitrogen functional groups attached to an aromatic ring is 1. The number of H-pyrrole nitrogens is 1. The van der Waals surface area contributed by atoms with Gasteiger partial charge in [-0.05, 0) is 25.0 Å². The van der Waals surface area contributed by atoms with Crippen molar-refractivity contribution in [1.29, 1.82) is 10.5 Å². The van der Waals surface area contributed by atoms with Crippen LogP contribution in [-0.4, -0.2) is 17.7 Å².